The third kappa shape index (κ3) is 9.23. The van der Waals surface area contributed by atoms with Crippen LogP contribution in [0.25, 0.3) is 16.9 Å². The van der Waals surface area contributed by atoms with Crippen LogP contribution in [0.15, 0.2) is 36.7 Å². The Kier molecular flexibility index (Phi) is 11.3. The summed E-state index contributed by atoms with van der Waals surface area (Å²) >= 11 is 0. The smallest absolute Gasteiger partial charge is 0.417 e. The Morgan fingerprint density at radius 3 is 2.45 bits per heavy atom. The number of methoxy groups -OCH3 is 1. The molecule has 0 unspecified atom stereocenters. The first-order valence-corrected chi connectivity index (χ1v) is 16.1. The van der Waals surface area contributed by atoms with E-state index in [-0.39, 0.29) is 35.6 Å². The minimum Gasteiger partial charge on any atom is -0.453 e. The molecule has 49 heavy (non-hydrogen) atoms. The second kappa shape index (κ2) is 15.6. The number of pyridine rings is 1. The van der Waals surface area contributed by atoms with Gasteiger partial charge in [-0.05, 0) is 51.1 Å². The molecule has 3 aromatic heterocycles. The lowest BCUT2D eigenvalue weighted by Gasteiger charge is -2.34. The number of alkyl halides is 3. The molecule has 264 valence electrons. The number of piperazine rings is 1. The van der Waals surface area contributed by atoms with E-state index >= 15 is 0 Å². The first-order valence-electron chi connectivity index (χ1n) is 16.1. The number of rotatable bonds is 10. The predicted octanol–water partition coefficient (Wildman–Crippen LogP) is 2.86. The highest BCUT2D eigenvalue weighted by Crippen LogP contribution is 2.38. The van der Waals surface area contributed by atoms with Crippen molar-refractivity contribution in [2.75, 3.05) is 83.8 Å². The summed E-state index contributed by atoms with van der Waals surface area (Å²) in [5.41, 5.74) is 0.210. The fourth-order valence-electron chi connectivity index (χ4n) is 5.79. The Balaban J connectivity index is 1.33. The van der Waals surface area contributed by atoms with Crippen molar-refractivity contribution in [3.63, 3.8) is 0 Å². The number of likely N-dealkylation sites (N-methyl/N-ethyl adjacent to an activating group) is 1. The van der Waals surface area contributed by atoms with Crippen molar-refractivity contribution in [1.82, 2.24) is 39.6 Å². The maximum Gasteiger partial charge on any atom is 0.417 e. The first kappa shape index (κ1) is 35.5. The third-order valence-electron chi connectivity index (χ3n) is 8.31. The van der Waals surface area contributed by atoms with Crippen LogP contribution in [-0.2, 0) is 27.0 Å². The van der Waals surface area contributed by atoms with Crippen LogP contribution in [0.5, 0.6) is 0 Å². The molecule has 3 amide bonds. The number of carbonyl (C=O) groups is 3. The summed E-state index contributed by atoms with van der Waals surface area (Å²) < 4.78 is 48.9. The molecule has 2 saturated heterocycles. The molecule has 0 aromatic carbocycles. The monoisotopic (exact) mass is 686 g/mol. The van der Waals surface area contributed by atoms with Gasteiger partial charge in [0.2, 0.25) is 11.8 Å². The van der Waals surface area contributed by atoms with Gasteiger partial charge in [0.25, 0.3) is 0 Å². The van der Waals surface area contributed by atoms with Crippen LogP contribution in [0.4, 0.5) is 29.6 Å². The van der Waals surface area contributed by atoms with E-state index in [1.807, 2.05) is 25.1 Å². The van der Waals surface area contributed by atoms with E-state index < -0.39 is 17.8 Å². The fourth-order valence-corrected chi connectivity index (χ4v) is 5.79. The van der Waals surface area contributed by atoms with Gasteiger partial charge in [-0.2, -0.15) is 13.2 Å². The van der Waals surface area contributed by atoms with E-state index in [4.69, 9.17) is 0 Å². The van der Waals surface area contributed by atoms with Gasteiger partial charge in [-0.25, -0.2) is 19.3 Å². The maximum atomic E-state index is 14.3. The van der Waals surface area contributed by atoms with Gasteiger partial charge in [0, 0.05) is 70.8 Å². The van der Waals surface area contributed by atoms with E-state index in [1.165, 1.54) is 6.08 Å². The number of hydrogen-bond donors (Lipinski definition) is 2. The number of amides is 3. The van der Waals surface area contributed by atoms with Crippen LogP contribution in [0.3, 0.4) is 0 Å². The molecule has 14 nitrogen and oxygen atoms in total. The number of ether oxygens (including phenoxy) is 1. The van der Waals surface area contributed by atoms with Crippen LogP contribution in [-0.4, -0.2) is 126 Å². The van der Waals surface area contributed by atoms with Gasteiger partial charge in [-0.3, -0.25) is 19.8 Å². The molecular weight excluding hydrogens is 645 g/mol. The lowest BCUT2D eigenvalue weighted by Crippen LogP contribution is -2.50. The summed E-state index contributed by atoms with van der Waals surface area (Å²) in [6.07, 6.45) is 3.14. The van der Waals surface area contributed by atoms with Crippen molar-refractivity contribution in [3.05, 3.63) is 47.8 Å². The zero-order valence-corrected chi connectivity index (χ0v) is 27.8. The highest BCUT2D eigenvalue weighted by molar-refractivity contribution is 5.91. The van der Waals surface area contributed by atoms with Gasteiger partial charge in [-0.15, -0.1) is 5.10 Å². The lowest BCUT2D eigenvalue weighted by molar-refractivity contribution is -0.137. The maximum absolute atomic E-state index is 14.3. The number of fused-ring (bicyclic) bond motifs is 1. The van der Waals surface area contributed by atoms with Crippen LogP contribution in [0.2, 0.25) is 0 Å². The lowest BCUT2D eigenvalue weighted by atomic mass is 10.1. The normalized spacial score (nSPS) is 16.1. The molecule has 3 aromatic rings. The van der Waals surface area contributed by atoms with Crippen molar-refractivity contribution in [2.24, 2.45) is 0 Å². The molecule has 2 aliphatic rings. The quantitative estimate of drug-likeness (QED) is 0.306. The predicted molar refractivity (Wildman–Crippen MR) is 176 cm³/mol. The Hall–Kier alpha value is -4.77. The number of nitrogens with zero attached hydrogens (tertiary/aromatic N) is 8. The Morgan fingerprint density at radius 1 is 1.04 bits per heavy atom. The molecule has 5 rings (SSSR count). The van der Waals surface area contributed by atoms with Crippen molar-refractivity contribution in [1.29, 1.82) is 0 Å². The minimum absolute atomic E-state index is 0.0770. The fraction of sp³-hybridized carbons (Fsp3) is 0.500. The molecule has 0 atom stereocenters. The van der Waals surface area contributed by atoms with E-state index in [0.717, 1.165) is 44.2 Å². The van der Waals surface area contributed by atoms with Gasteiger partial charge in [0.1, 0.15) is 11.3 Å². The van der Waals surface area contributed by atoms with Crippen molar-refractivity contribution >= 4 is 35.1 Å². The zero-order chi connectivity index (χ0) is 35.1. The van der Waals surface area contributed by atoms with Gasteiger partial charge in [0.05, 0.1) is 24.8 Å². The summed E-state index contributed by atoms with van der Waals surface area (Å²) in [6, 6.07) is 2.69. The van der Waals surface area contributed by atoms with E-state index in [9.17, 15) is 27.6 Å². The summed E-state index contributed by atoms with van der Waals surface area (Å²) in [6.45, 7) is 4.71. The van der Waals surface area contributed by atoms with Crippen LogP contribution in [0.1, 0.15) is 30.4 Å². The van der Waals surface area contributed by atoms with Crippen molar-refractivity contribution < 1.29 is 32.3 Å². The zero-order valence-electron chi connectivity index (χ0n) is 27.8. The van der Waals surface area contributed by atoms with E-state index in [2.05, 4.69) is 40.2 Å². The summed E-state index contributed by atoms with van der Waals surface area (Å²) in [7, 11) is 4.89. The molecule has 0 aliphatic carbocycles. The summed E-state index contributed by atoms with van der Waals surface area (Å²) in [5.74, 6) is -0.396. The van der Waals surface area contributed by atoms with Gasteiger partial charge in [-0.1, -0.05) is 6.08 Å². The largest absolute Gasteiger partial charge is 0.453 e. The number of hydrogen-bond acceptors (Lipinski definition) is 10. The highest BCUT2D eigenvalue weighted by Gasteiger charge is 2.36. The standard InChI is InChI=1S/C32H41F3N10O4/c1-41(2)9-7-8-27(46)37-19-28(47)43-14-12-42(13-15-43)20-22-16-25-30(44-10-5-4-6-11-44)39-29(40-45(25)21-22)23-18-36-26(38-31(48)49-3)17-24(23)32(33,34)35/h7-8,16-18,21H,4-6,9-15,19-20H2,1-3H3,(H,37,46)(H,36,38,48)/b8-7+. The van der Waals surface area contributed by atoms with E-state index in [1.54, 1.807) is 21.7 Å². The molecule has 0 radical (unpaired) electrons. The number of carbonyl (C=O) groups excluding carboxylic acids is 3. The second-order valence-corrected chi connectivity index (χ2v) is 12.3. The molecule has 17 heteroatoms. The summed E-state index contributed by atoms with van der Waals surface area (Å²) in [4.78, 5) is 52.9. The Labute approximate surface area is 281 Å². The van der Waals surface area contributed by atoms with Crippen LogP contribution >= 0.6 is 0 Å². The third-order valence-corrected chi connectivity index (χ3v) is 8.31. The number of aromatic nitrogens is 4. The van der Waals surface area contributed by atoms with Crippen LogP contribution in [0, 0.1) is 0 Å². The Morgan fingerprint density at radius 2 is 1.78 bits per heavy atom. The number of piperidine rings is 1. The number of anilines is 2. The first-order chi connectivity index (χ1) is 23.4. The topological polar surface area (TPSA) is 141 Å². The highest BCUT2D eigenvalue weighted by atomic mass is 19.4. The molecular formula is C32H41F3N10O4. The minimum atomic E-state index is -4.78. The number of nitrogens with one attached hydrogen (secondary N) is 2. The Bertz CT molecular complexity index is 1680. The molecule has 5 heterocycles. The van der Waals surface area contributed by atoms with Crippen LogP contribution < -0.4 is 15.5 Å². The molecule has 0 spiro atoms. The molecule has 2 aliphatic heterocycles. The second-order valence-electron chi connectivity index (χ2n) is 12.3. The van der Waals surface area contributed by atoms with Gasteiger partial charge in [0.15, 0.2) is 11.6 Å². The summed E-state index contributed by atoms with van der Waals surface area (Å²) in [5, 5.41) is 9.32. The molecule has 0 bridgehead atoms. The van der Waals surface area contributed by atoms with Gasteiger partial charge < -0.3 is 24.8 Å². The molecule has 2 N–H and O–H groups in total. The average molecular weight is 687 g/mol. The SMILES string of the molecule is COC(=O)Nc1cc(C(F)(F)F)c(-c2nc(N3CCCCC3)c3cc(CN4CCN(C(=O)CNC(=O)/C=C/CN(C)C)CC4)cn3n2)cn1. The van der Waals surface area contributed by atoms with Crippen molar-refractivity contribution in [3.8, 4) is 11.4 Å². The average Bonchev–Trinajstić information content (AvgIpc) is 3.49. The number of halogens is 3. The van der Waals surface area contributed by atoms with Gasteiger partial charge >= 0.3 is 12.3 Å². The van der Waals surface area contributed by atoms with Crippen molar-refractivity contribution in [2.45, 2.75) is 32.0 Å². The van der Waals surface area contributed by atoms with E-state index in [0.29, 0.717) is 63.7 Å². The molecule has 2 fully saturated rings. The molecule has 0 saturated carbocycles.